The molecule has 72 valence electrons. The normalized spacial score (nSPS) is 14.3. The lowest BCUT2D eigenvalue weighted by Crippen LogP contribution is -2.46. The third-order valence-corrected chi connectivity index (χ3v) is 2.37. The largest absolute Gasteiger partial charge is 0.377 e. The Balaban J connectivity index is 4.03. The summed E-state index contributed by atoms with van der Waals surface area (Å²) in [6.07, 6.45) is 4.04. The smallest absolute Gasteiger partial charge is 0.0775 e. The van der Waals surface area contributed by atoms with E-state index in [4.69, 9.17) is 4.74 Å². The van der Waals surface area contributed by atoms with Crippen molar-refractivity contribution in [2.75, 3.05) is 14.2 Å². The zero-order chi connectivity index (χ0) is 9.61. The molecule has 0 aromatic carbocycles. The molecule has 0 fully saturated rings. The van der Waals surface area contributed by atoms with Crippen molar-refractivity contribution in [3.05, 3.63) is 12.7 Å². The lowest BCUT2D eigenvalue weighted by molar-refractivity contribution is -0.0101. The standard InChI is InChI=1S/C10H21NO/c1-6-7-8-9(11-4)10(2,3)12-5/h6,9,11H,1,7-8H2,2-5H3. The monoisotopic (exact) mass is 171 g/mol. The van der Waals surface area contributed by atoms with Crippen molar-refractivity contribution < 1.29 is 4.74 Å². The third-order valence-electron chi connectivity index (χ3n) is 2.37. The van der Waals surface area contributed by atoms with E-state index in [1.165, 1.54) is 0 Å². The molecule has 0 aliphatic carbocycles. The van der Waals surface area contributed by atoms with Crippen LogP contribution in [0.15, 0.2) is 12.7 Å². The number of rotatable bonds is 6. The van der Waals surface area contributed by atoms with Crippen LogP contribution >= 0.6 is 0 Å². The maximum Gasteiger partial charge on any atom is 0.0775 e. The van der Waals surface area contributed by atoms with E-state index in [1.54, 1.807) is 7.11 Å². The molecule has 0 aromatic heterocycles. The second-order valence-electron chi connectivity index (χ2n) is 3.51. The van der Waals surface area contributed by atoms with Gasteiger partial charge >= 0.3 is 0 Å². The second-order valence-corrected chi connectivity index (χ2v) is 3.51. The number of likely N-dealkylation sites (N-methyl/N-ethyl adjacent to an activating group) is 1. The van der Waals surface area contributed by atoms with E-state index >= 15 is 0 Å². The Morgan fingerprint density at radius 3 is 2.50 bits per heavy atom. The molecule has 0 spiro atoms. The van der Waals surface area contributed by atoms with Crippen LogP contribution in [-0.2, 0) is 4.74 Å². The Labute approximate surface area is 76.0 Å². The molecule has 0 heterocycles. The average Bonchev–Trinajstić information content (AvgIpc) is 2.05. The van der Waals surface area contributed by atoms with E-state index in [0.717, 1.165) is 12.8 Å². The van der Waals surface area contributed by atoms with Crippen molar-refractivity contribution in [2.24, 2.45) is 0 Å². The van der Waals surface area contributed by atoms with Gasteiger partial charge in [0.15, 0.2) is 0 Å². The highest BCUT2D eigenvalue weighted by atomic mass is 16.5. The molecular weight excluding hydrogens is 150 g/mol. The van der Waals surface area contributed by atoms with Crippen molar-refractivity contribution in [1.29, 1.82) is 0 Å². The fourth-order valence-electron chi connectivity index (χ4n) is 1.27. The minimum Gasteiger partial charge on any atom is -0.377 e. The van der Waals surface area contributed by atoms with Crippen LogP contribution in [0, 0.1) is 0 Å². The van der Waals surface area contributed by atoms with Crippen LogP contribution in [0.3, 0.4) is 0 Å². The van der Waals surface area contributed by atoms with Crippen LogP contribution in [0.2, 0.25) is 0 Å². The van der Waals surface area contributed by atoms with Gasteiger partial charge in [0.25, 0.3) is 0 Å². The third kappa shape index (κ3) is 3.37. The Bertz CT molecular complexity index is 132. The van der Waals surface area contributed by atoms with Gasteiger partial charge < -0.3 is 10.1 Å². The van der Waals surface area contributed by atoms with E-state index in [1.807, 2.05) is 13.1 Å². The molecule has 0 rings (SSSR count). The lowest BCUT2D eigenvalue weighted by Gasteiger charge is -2.32. The Morgan fingerprint density at radius 1 is 1.58 bits per heavy atom. The van der Waals surface area contributed by atoms with Crippen molar-refractivity contribution in [3.63, 3.8) is 0 Å². The molecule has 0 aliphatic rings. The molecule has 0 aromatic rings. The zero-order valence-electron chi connectivity index (χ0n) is 8.68. The molecule has 0 radical (unpaired) electrons. The first-order valence-electron chi connectivity index (χ1n) is 4.41. The summed E-state index contributed by atoms with van der Waals surface area (Å²) in [7, 11) is 3.72. The van der Waals surface area contributed by atoms with Gasteiger partial charge in [-0.3, -0.25) is 0 Å². The van der Waals surface area contributed by atoms with E-state index < -0.39 is 0 Å². The van der Waals surface area contributed by atoms with E-state index in [2.05, 4.69) is 25.7 Å². The van der Waals surface area contributed by atoms with E-state index in [-0.39, 0.29) is 5.60 Å². The van der Waals surface area contributed by atoms with Crippen LogP contribution in [0.1, 0.15) is 26.7 Å². The fourth-order valence-corrected chi connectivity index (χ4v) is 1.27. The number of methoxy groups -OCH3 is 1. The molecular formula is C10H21NO. The van der Waals surface area contributed by atoms with Gasteiger partial charge in [-0.1, -0.05) is 6.08 Å². The number of hydrogen-bond acceptors (Lipinski definition) is 2. The maximum absolute atomic E-state index is 5.39. The number of ether oxygens (including phenoxy) is 1. The molecule has 12 heavy (non-hydrogen) atoms. The molecule has 1 atom stereocenters. The second kappa shape index (κ2) is 5.33. The van der Waals surface area contributed by atoms with Crippen LogP contribution in [0.25, 0.3) is 0 Å². The molecule has 0 bridgehead atoms. The Morgan fingerprint density at radius 2 is 2.17 bits per heavy atom. The van der Waals surface area contributed by atoms with Crippen LogP contribution < -0.4 is 5.32 Å². The van der Waals surface area contributed by atoms with Gasteiger partial charge in [0.1, 0.15) is 0 Å². The highest BCUT2D eigenvalue weighted by Gasteiger charge is 2.26. The van der Waals surface area contributed by atoms with E-state index in [9.17, 15) is 0 Å². The Hall–Kier alpha value is -0.340. The average molecular weight is 171 g/mol. The summed E-state index contributed by atoms with van der Waals surface area (Å²) in [5.74, 6) is 0. The summed E-state index contributed by atoms with van der Waals surface area (Å²) in [4.78, 5) is 0. The number of allylic oxidation sites excluding steroid dienone is 1. The van der Waals surface area contributed by atoms with Crippen molar-refractivity contribution in [2.45, 2.75) is 38.3 Å². The van der Waals surface area contributed by atoms with Gasteiger partial charge in [-0.25, -0.2) is 0 Å². The molecule has 0 amide bonds. The first-order chi connectivity index (χ1) is 5.58. The van der Waals surface area contributed by atoms with Crippen molar-refractivity contribution >= 4 is 0 Å². The Kier molecular flexibility index (Phi) is 5.18. The van der Waals surface area contributed by atoms with Crippen LogP contribution in [-0.4, -0.2) is 25.8 Å². The minimum atomic E-state index is -0.0994. The lowest BCUT2D eigenvalue weighted by atomic mass is 9.94. The minimum absolute atomic E-state index is 0.0994. The highest BCUT2D eigenvalue weighted by Crippen LogP contribution is 2.17. The maximum atomic E-state index is 5.39. The first-order valence-corrected chi connectivity index (χ1v) is 4.41. The van der Waals surface area contributed by atoms with Gasteiger partial charge in [-0.15, -0.1) is 6.58 Å². The number of hydrogen-bond donors (Lipinski definition) is 1. The number of nitrogens with one attached hydrogen (secondary N) is 1. The first kappa shape index (κ1) is 11.7. The summed E-state index contributed by atoms with van der Waals surface area (Å²) in [6, 6.07) is 0.389. The SMILES string of the molecule is C=CCCC(NC)C(C)(C)OC. The van der Waals surface area contributed by atoms with Crippen molar-refractivity contribution in [3.8, 4) is 0 Å². The highest BCUT2D eigenvalue weighted by molar-refractivity contribution is 4.86. The van der Waals surface area contributed by atoms with Gasteiger partial charge in [0, 0.05) is 13.2 Å². The van der Waals surface area contributed by atoms with Gasteiger partial charge in [0.05, 0.1) is 5.60 Å². The molecule has 0 saturated carbocycles. The summed E-state index contributed by atoms with van der Waals surface area (Å²) in [5, 5.41) is 3.26. The van der Waals surface area contributed by atoms with Gasteiger partial charge in [0.2, 0.25) is 0 Å². The summed E-state index contributed by atoms with van der Waals surface area (Å²) < 4.78 is 5.39. The van der Waals surface area contributed by atoms with Crippen LogP contribution in [0.5, 0.6) is 0 Å². The summed E-state index contributed by atoms with van der Waals surface area (Å²) in [6.45, 7) is 7.90. The molecule has 2 heteroatoms. The van der Waals surface area contributed by atoms with Gasteiger partial charge in [-0.2, -0.15) is 0 Å². The predicted octanol–water partition coefficient (Wildman–Crippen LogP) is 1.97. The molecule has 1 N–H and O–H groups in total. The zero-order valence-corrected chi connectivity index (χ0v) is 8.68. The predicted molar refractivity (Wildman–Crippen MR) is 53.4 cm³/mol. The van der Waals surface area contributed by atoms with Crippen molar-refractivity contribution in [1.82, 2.24) is 5.32 Å². The van der Waals surface area contributed by atoms with Crippen LogP contribution in [0.4, 0.5) is 0 Å². The van der Waals surface area contributed by atoms with Gasteiger partial charge in [-0.05, 0) is 33.7 Å². The molecule has 0 saturated heterocycles. The molecule has 0 aliphatic heterocycles. The molecule has 2 nitrogen and oxygen atoms in total. The quantitative estimate of drug-likeness (QED) is 0.617. The fraction of sp³-hybridized carbons (Fsp3) is 0.800. The summed E-state index contributed by atoms with van der Waals surface area (Å²) >= 11 is 0. The topological polar surface area (TPSA) is 21.3 Å². The summed E-state index contributed by atoms with van der Waals surface area (Å²) in [5.41, 5.74) is -0.0994. The molecule has 1 unspecified atom stereocenters. The van der Waals surface area contributed by atoms with E-state index in [0.29, 0.717) is 6.04 Å².